The summed E-state index contributed by atoms with van der Waals surface area (Å²) in [7, 11) is 1.98. The molecule has 2 aliphatic heterocycles. The number of likely N-dealkylation sites (tertiary alicyclic amines) is 1. The van der Waals surface area contributed by atoms with Gasteiger partial charge in [0.15, 0.2) is 0 Å². The molecular weight excluding hydrogens is 280 g/mol. The summed E-state index contributed by atoms with van der Waals surface area (Å²) in [5.74, 6) is 1.34. The van der Waals surface area contributed by atoms with Gasteiger partial charge in [0.25, 0.3) is 0 Å². The first-order chi connectivity index (χ1) is 10.3. The first-order valence-corrected chi connectivity index (χ1v) is 8.96. The number of benzene rings is 1. The normalized spacial score (nSPS) is 24.9. The number of fused-ring (bicyclic) bond motifs is 1. The van der Waals surface area contributed by atoms with E-state index in [0.29, 0.717) is 11.9 Å². The van der Waals surface area contributed by atoms with Crippen molar-refractivity contribution in [2.45, 2.75) is 42.5 Å². The lowest BCUT2D eigenvalue weighted by Gasteiger charge is -2.37. The molecule has 3 nitrogen and oxygen atoms in total. The van der Waals surface area contributed by atoms with Crippen molar-refractivity contribution in [3.63, 3.8) is 0 Å². The Hall–Kier alpha value is -1.00. The van der Waals surface area contributed by atoms with Crippen LogP contribution in [0.1, 0.15) is 37.2 Å². The molecule has 4 heteroatoms. The number of nitrogens with one attached hydrogen (secondary N) is 1. The van der Waals surface area contributed by atoms with Gasteiger partial charge in [-0.05, 0) is 50.9 Å². The van der Waals surface area contributed by atoms with Crippen molar-refractivity contribution in [3.8, 4) is 0 Å². The summed E-state index contributed by atoms with van der Waals surface area (Å²) in [4.78, 5) is 16.5. The van der Waals surface area contributed by atoms with Gasteiger partial charge in [0, 0.05) is 23.2 Å². The van der Waals surface area contributed by atoms with Crippen molar-refractivity contribution >= 4 is 17.7 Å². The van der Waals surface area contributed by atoms with Crippen molar-refractivity contribution in [2.75, 3.05) is 25.9 Å². The van der Waals surface area contributed by atoms with E-state index < -0.39 is 0 Å². The van der Waals surface area contributed by atoms with Gasteiger partial charge in [-0.15, -0.1) is 11.8 Å². The third-order valence-electron chi connectivity index (χ3n) is 4.64. The molecule has 0 aliphatic carbocycles. The Balaban J connectivity index is 1.74. The molecule has 2 atom stereocenters. The molecule has 21 heavy (non-hydrogen) atoms. The van der Waals surface area contributed by atoms with Crippen LogP contribution >= 0.6 is 11.8 Å². The Morgan fingerprint density at radius 2 is 2.24 bits per heavy atom. The largest absolute Gasteiger partial charge is 0.339 e. The summed E-state index contributed by atoms with van der Waals surface area (Å²) in [5.41, 5.74) is 1.24. The molecule has 114 valence electrons. The van der Waals surface area contributed by atoms with E-state index in [1.54, 1.807) is 0 Å². The topological polar surface area (TPSA) is 32.3 Å². The van der Waals surface area contributed by atoms with Crippen molar-refractivity contribution in [1.82, 2.24) is 10.2 Å². The maximum absolute atomic E-state index is 13.0. The van der Waals surface area contributed by atoms with E-state index in [1.807, 2.05) is 18.8 Å². The van der Waals surface area contributed by atoms with Crippen LogP contribution in [0, 0.1) is 0 Å². The third kappa shape index (κ3) is 3.11. The van der Waals surface area contributed by atoms with Gasteiger partial charge in [-0.3, -0.25) is 4.79 Å². The number of thioether (sulfide) groups is 1. The molecule has 1 aromatic carbocycles. The minimum absolute atomic E-state index is 0.0707. The maximum atomic E-state index is 13.0. The average Bonchev–Trinajstić information content (AvgIpc) is 2.96. The standard InChI is InChI=1S/C17H24N2OS/c1-18-10-9-13-6-4-5-11-19(13)17(20)15-12-21-16-8-3-2-7-14(15)16/h2-3,7-8,13,15,18H,4-6,9-12H2,1H3. The average molecular weight is 304 g/mol. The lowest BCUT2D eigenvalue weighted by Crippen LogP contribution is -2.46. The van der Waals surface area contributed by atoms with Crippen LogP contribution in [0.2, 0.25) is 0 Å². The number of nitrogens with zero attached hydrogens (tertiary/aromatic N) is 1. The van der Waals surface area contributed by atoms with E-state index in [1.165, 1.54) is 16.9 Å². The minimum Gasteiger partial charge on any atom is -0.339 e. The van der Waals surface area contributed by atoms with Gasteiger partial charge < -0.3 is 10.2 Å². The predicted molar refractivity (Wildman–Crippen MR) is 87.8 cm³/mol. The number of piperidine rings is 1. The van der Waals surface area contributed by atoms with Gasteiger partial charge in [0.1, 0.15) is 0 Å². The molecule has 1 amide bonds. The van der Waals surface area contributed by atoms with Crippen molar-refractivity contribution < 1.29 is 4.79 Å². The van der Waals surface area contributed by atoms with Gasteiger partial charge in [0.05, 0.1) is 5.92 Å². The van der Waals surface area contributed by atoms with Crippen LogP contribution in [0.5, 0.6) is 0 Å². The number of rotatable bonds is 4. The van der Waals surface area contributed by atoms with E-state index >= 15 is 0 Å². The highest BCUT2D eigenvalue weighted by atomic mass is 32.2. The highest BCUT2D eigenvalue weighted by molar-refractivity contribution is 7.99. The number of carbonyl (C=O) groups excluding carboxylic acids is 1. The molecular formula is C17H24N2OS. The number of amides is 1. The second-order valence-electron chi connectivity index (χ2n) is 5.97. The van der Waals surface area contributed by atoms with Crippen LogP contribution in [0.3, 0.4) is 0 Å². The molecule has 2 unspecified atom stereocenters. The maximum Gasteiger partial charge on any atom is 0.231 e. The lowest BCUT2D eigenvalue weighted by atomic mass is 9.94. The van der Waals surface area contributed by atoms with E-state index in [4.69, 9.17) is 0 Å². The van der Waals surface area contributed by atoms with E-state index in [2.05, 4.69) is 34.5 Å². The first kappa shape index (κ1) is 14.9. The summed E-state index contributed by atoms with van der Waals surface area (Å²) in [6.45, 7) is 1.93. The molecule has 1 saturated heterocycles. The molecule has 0 saturated carbocycles. The summed E-state index contributed by atoms with van der Waals surface area (Å²) in [6.07, 6.45) is 4.65. The zero-order valence-corrected chi connectivity index (χ0v) is 13.5. The van der Waals surface area contributed by atoms with Gasteiger partial charge in [-0.2, -0.15) is 0 Å². The van der Waals surface area contributed by atoms with Crippen molar-refractivity contribution in [3.05, 3.63) is 29.8 Å². The Morgan fingerprint density at radius 3 is 3.10 bits per heavy atom. The number of carbonyl (C=O) groups is 1. The lowest BCUT2D eigenvalue weighted by molar-refractivity contribution is -0.136. The highest BCUT2D eigenvalue weighted by Gasteiger charge is 2.35. The minimum atomic E-state index is 0.0707. The summed E-state index contributed by atoms with van der Waals surface area (Å²) in [5, 5.41) is 3.22. The van der Waals surface area contributed by atoms with Crippen LogP contribution in [-0.4, -0.2) is 42.7 Å². The summed E-state index contributed by atoms with van der Waals surface area (Å²) >= 11 is 1.83. The molecule has 1 N–H and O–H groups in total. The second kappa shape index (κ2) is 6.84. The highest BCUT2D eigenvalue weighted by Crippen LogP contribution is 2.41. The second-order valence-corrected chi connectivity index (χ2v) is 7.04. The van der Waals surface area contributed by atoms with Crippen LogP contribution in [-0.2, 0) is 4.79 Å². The van der Waals surface area contributed by atoms with Gasteiger partial charge >= 0.3 is 0 Å². The first-order valence-electron chi connectivity index (χ1n) is 7.98. The Labute approximate surface area is 131 Å². The zero-order chi connectivity index (χ0) is 14.7. The fraction of sp³-hybridized carbons (Fsp3) is 0.588. The van der Waals surface area contributed by atoms with Gasteiger partial charge in [-0.1, -0.05) is 18.2 Å². The monoisotopic (exact) mass is 304 g/mol. The predicted octanol–water partition coefficient (Wildman–Crippen LogP) is 2.87. The molecule has 0 aromatic heterocycles. The van der Waals surface area contributed by atoms with Crippen LogP contribution in [0.15, 0.2) is 29.2 Å². The van der Waals surface area contributed by atoms with Crippen LogP contribution in [0.25, 0.3) is 0 Å². The Morgan fingerprint density at radius 1 is 1.38 bits per heavy atom. The molecule has 1 fully saturated rings. The van der Waals surface area contributed by atoms with Gasteiger partial charge in [0.2, 0.25) is 5.91 Å². The SMILES string of the molecule is CNCCC1CCCCN1C(=O)C1CSc2ccccc21. The molecule has 2 heterocycles. The molecule has 0 radical (unpaired) electrons. The van der Waals surface area contributed by atoms with Crippen LogP contribution in [0.4, 0.5) is 0 Å². The summed E-state index contributed by atoms with van der Waals surface area (Å²) in [6, 6.07) is 8.82. The number of hydrogen-bond acceptors (Lipinski definition) is 3. The van der Waals surface area contributed by atoms with Crippen molar-refractivity contribution in [2.24, 2.45) is 0 Å². The van der Waals surface area contributed by atoms with Crippen LogP contribution < -0.4 is 5.32 Å². The molecule has 0 spiro atoms. The molecule has 3 rings (SSSR count). The fourth-order valence-electron chi connectivity index (χ4n) is 3.47. The Bertz CT molecular complexity index is 505. The number of hydrogen-bond donors (Lipinski definition) is 1. The Kier molecular flexibility index (Phi) is 4.86. The molecule has 0 bridgehead atoms. The quantitative estimate of drug-likeness (QED) is 0.928. The summed E-state index contributed by atoms with van der Waals surface area (Å²) < 4.78 is 0. The third-order valence-corrected chi connectivity index (χ3v) is 5.82. The van der Waals surface area contributed by atoms with E-state index in [9.17, 15) is 4.79 Å². The fourth-order valence-corrected chi connectivity index (χ4v) is 4.69. The smallest absolute Gasteiger partial charge is 0.231 e. The molecule has 1 aromatic rings. The zero-order valence-electron chi connectivity index (χ0n) is 12.7. The molecule has 2 aliphatic rings. The van der Waals surface area contributed by atoms with E-state index in [-0.39, 0.29) is 5.92 Å². The van der Waals surface area contributed by atoms with Crippen molar-refractivity contribution in [1.29, 1.82) is 0 Å². The van der Waals surface area contributed by atoms with E-state index in [0.717, 1.165) is 38.1 Å². The van der Waals surface area contributed by atoms with Gasteiger partial charge in [-0.25, -0.2) is 0 Å².